The van der Waals surface area contributed by atoms with Gasteiger partial charge in [-0.15, -0.1) is 0 Å². The summed E-state index contributed by atoms with van der Waals surface area (Å²) in [6.07, 6.45) is 0.397. The zero-order chi connectivity index (χ0) is 19.1. The van der Waals surface area contributed by atoms with Gasteiger partial charge in [0.05, 0.1) is 23.1 Å². The van der Waals surface area contributed by atoms with Crippen LogP contribution in [0.2, 0.25) is 10.0 Å². The molecule has 0 saturated carbocycles. The molecule has 0 bridgehead atoms. The Bertz CT molecular complexity index is 781. The number of benzene rings is 1. The van der Waals surface area contributed by atoms with Crippen LogP contribution in [0.15, 0.2) is 36.5 Å². The van der Waals surface area contributed by atoms with Crippen molar-refractivity contribution in [2.24, 2.45) is 0 Å². The third-order valence-corrected chi connectivity index (χ3v) is 3.80. The maximum atomic E-state index is 12.1. The predicted octanol–water partition coefficient (Wildman–Crippen LogP) is 3.90. The van der Waals surface area contributed by atoms with Gasteiger partial charge in [-0.25, -0.2) is 4.98 Å². The molecule has 1 N–H and O–H groups in total. The van der Waals surface area contributed by atoms with E-state index < -0.39 is 18.0 Å². The molecule has 1 atom stereocenters. The van der Waals surface area contributed by atoms with Crippen LogP contribution in [0.5, 0.6) is 5.75 Å². The number of ether oxygens (including phenoxy) is 2. The molecule has 138 valence electrons. The number of hydrogen-bond donors (Lipinski definition) is 1. The lowest BCUT2D eigenvalue weighted by molar-refractivity contribution is -0.152. The van der Waals surface area contributed by atoms with E-state index in [2.05, 4.69) is 10.3 Å². The number of rotatable bonds is 7. The number of nitrogens with zero attached hydrogens (tertiary/aromatic N) is 1. The van der Waals surface area contributed by atoms with Gasteiger partial charge in [-0.3, -0.25) is 9.59 Å². The summed E-state index contributed by atoms with van der Waals surface area (Å²) in [7, 11) is 0. The second-order valence-corrected chi connectivity index (χ2v) is 6.20. The topological polar surface area (TPSA) is 77.5 Å². The summed E-state index contributed by atoms with van der Waals surface area (Å²) in [5.74, 6) is -0.186. The molecule has 2 aromatic rings. The first-order valence-corrected chi connectivity index (χ1v) is 8.67. The molecule has 26 heavy (non-hydrogen) atoms. The monoisotopic (exact) mass is 396 g/mol. The van der Waals surface area contributed by atoms with Crippen molar-refractivity contribution in [1.82, 2.24) is 4.98 Å². The number of anilines is 1. The number of nitrogens with one attached hydrogen (secondary N) is 1. The van der Waals surface area contributed by atoms with Crippen molar-refractivity contribution in [3.63, 3.8) is 0 Å². The smallest absolute Gasteiger partial charge is 0.311 e. The normalized spacial score (nSPS) is 11.5. The Kier molecular flexibility index (Phi) is 7.24. The first-order valence-electron chi connectivity index (χ1n) is 7.92. The van der Waals surface area contributed by atoms with Crippen molar-refractivity contribution in [3.05, 3.63) is 52.1 Å². The fraction of sp³-hybridized carbons (Fsp3) is 0.278. The van der Waals surface area contributed by atoms with Crippen LogP contribution in [0.25, 0.3) is 0 Å². The van der Waals surface area contributed by atoms with Gasteiger partial charge in [0.25, 0.3) is 5.91 Å². The van der Waals surface area contributed by atoms with E-state index in [1.807, 2.05) is 6.92 Å². The van der Waals surface area contributed by atoms with Gasteiger partial charge in [-0.1, -0.05) is 35.3 Å². The van der Waals surface area contributed by atoms with Crippen molar-refractivity contribution in [1.29, 1.82) is 0 Å². The molecule has 0 aliphatic heterocycles. The van der Waals surface area contributed by atoms with Crippen molar-refractivity contribution >= 4 is 40.9 Å². The Morgan fingerprint density at radius 2 is 1.92 bits per heavy atom. The van der Waals surface area contributed by atoms with Crippen LogP contribution in [-0.2, 0) is 20.7 Å². The minimum absolute atomic E-state index is 0.0456. The summed E-state index contributed by atoms with van der Waals surface area (Å²) >= 11 is 11.7. The Morgan fingerprint density at radius 1 is 1.23 bits per heavy atom. The summed E-state index contributed by atoms with van der Waals surface area (Å²) < 4.78 is 10.5. The van der Waals surface area contributed by atoms with Crippen LogP contribution in [0.4, 0.5) is 5.82 Å². The molecule has 0 aliphatic rings. The first-order chi connectivity index (χ1) is 12.4. The fourth-order valence-corrected chi connectivity index (χ4v) is 2.48. The molecule has 0 aliphatic carbocycles. The zero-order valence-electron chi connectivity index (χ0n) is 14.3. The predicted molar refractivity (Wildman–Crippen MR) is 99.8 cm³/mol. The average molecular weight is 397 g/mol. The highest BCUT2D eigenvalue weighted by Crippen LogP contribution is 2.22. The van der Waals surface area contributed by atoms with E-state index in [0.29, 0.717) is 11.6 Å². The highest BCUT2D eigenvalue weighted by molar-refractivity contribution is 6.36. The molecule has 0 saturated heterocycles. The van der Waals surface area contributed by atoms with Crippen LogP contribution < -0.4 is 10.1 Å². The van der Waals surface area contributed by atoms with Crippen LogP contribution in [0.1, 0.15) is 19.4 Å². The molecule has 1 aromatic heterocycles. The Morgan fingerprint density at radius 3 is 2.54 bits per heavy atom. The van der Waals surface area contributed by atoms with Crippen LogP contribution in [0.3, 0.4) is 0 Å². The van der Waals surface area contributed by atoms with Crippen LogP contribution >= 0.6 is 23.2 Å². The van der Waals surface area contributed by atoms with Crippen LogP contribution in [-0.4, -0.2) is 29.6 Å². The molecular formula is C18H18Cl2N2O4. The molecule has 0 spiro atoms. The third kappa shape index (κ3) is 5.89. The van der Waals surface area contributed by atoms with Gasteiger partial charge in [0.15, 0.2) is 11.9 Å². The lowest BCUT2D eigenvalue weighted by Gasteiger charge is -2.14. The van der Waals surface area contributed by atoms with Crippen molar-refractivity contribution in [2.45, 2.75) is 26.4 Å². The van der Waals surface area contributed by atoms with E-state index >= 15 is 0 Å². The summed E-state index contributed by atoms with van der Waals surface area (Å²) in [5.41, 5.74) is 0.758. The number of pyridine rings is 1. The molecule has 1 heterocycles. The Labute approximate surface area is 161 Å². The summed E-state index contributed by atoms with van der Waals surface area (Å²) in [6.45, 7) is 3.93. The molecule has 6 nitrogen and oxygen atoms in total. The number of carbonyl (C=O) groups is 2. The van der Waals surface area contributed by atoms with Gasteiger partial charge in [0.2, 0.25) is 0 Å². The maximum Gasteiger partial charge on any atom is 0.311 e. The van der Waals surface area contributed by atoms with Crippen molar-refractivity contribution in [3.8, 4) is 5.75 Å². The lowest BCUT2D eigenvalue weighted by Crippen LogP contribution is -2.30. The minimum Gasteiger partial charge on any atom is -0.494 e. The van der Waals surface area contributed by atoms with E-state index in [1.54, 1.807) is 24.3 Å². The number of carbonyl (C=O) groups excluding carboxylic acids is 2. The van der Waals surface area contributed by atoms with E-state index in [9.17, 15) is 9.59 Å². The largest absolute Gasteiger partial charge is 0.494 e. The van der Waals surface area contributed by atoms with Gasteiger partial charge in [-0.2, -0.15) is 0 Å². The summed E-state index contributed by atoms with van der Waals surface area (Å²) in [6, 6.07) is 8.55. The van der Waals surface area contributed by atoms with Crippen LogP contribution in [0, 0.1) is 0 Å². The standard InChI is InChI=1S/C18H18Cl2N2O4/c1-3-25-14-6-4-12(5-7-14)8-16(23)26-11(2)18(24)22-17-15(20)9-13(19)10-21-17/h4-7,9-11H,3,8H2,1-2H3,(H,21,22,24). The minimum atomic E-state index is -1.00. The van der Waals surface area contributed by atoms with Gasteiger partial charge in [0.1, 0.15) is 5.75 Å². The summed E-state index contributed by atoms with van der Waals surface area (Å²) in [4.78, 5) is 28.0. The lowest BCUT2D eigenvalue weighted by atomic mass is 10.1. The quantitative estimate of drug-likeness (QED) is 0.717. The molecule has 1 unspecified atom stereocenters. The molecule has 1 amide bonds. The number of amides is 1. The van der Waals surface area contributed by atoms with E-state index in [4.69, 9.17) is 32.7 Å². The van der Waals surface area contributed by atoms with Gasteiger partial charge in [0, 0.05) is 6.20 Å². The Balaban J connectivity index is 1.88. The molecule has 8 heteroatoms. The summed E-state index contributed by atoms with van der Waals surface area (Å²) in [5, 5.41) is 3.04. The number of halogens is 2. The third-order valence-electron chi connectivity index (χ3n) is 3.31. The zero-order valence-corrected chi connectivity index (χ0v) is 15.8. The van der Waals surface area contributed by atoms with Crippen molar-refractivity contribution < 1.29 is 19.1 Å². The van der Waals surface area contributed by atoms with Gasteiger partial charge in [-0.05, 0) is 37.6 Å². The molecule has 0 radical (unpaired) electrons. The SMILES string of the molecule is CCOc1ccc(CC(=O)OC(C)C(=O)Nc2ncc(Cl)cc2Cl)cc1. The second kappa shape index (κ2) is 9.40. The molecule has 2 rings (SSSR count). The molecule has 0 fully saturated rings. The van der Waals surface area contributed by atoms with E-state index in [1.165, 1.54) is 19.2 Å². The second-order valence-electron chi connectivity index (χ2n) is 5.36. The fourth-order valence-electron chi connectivity index (χ4n) is 2.05. The highest BCUT2D eigenvalue weighted by atomic mass is 35.5. The Hall–Kier alpha value is -2.31. The van der Waals surface area contributed by atoms with Gasteiger partial charge >= 0.3 is 5.97 Å². The van der Waals surface area contributed by atoms with Crippen molar-refractivity contribution in [2.75, 3.05) is 11.9 Å². The number of aromatic nitrogens is 1. The first kappa shape index (κ1) is 20.0. The molecular weight excluding hydrogens is 379 g/mol. The van der Waals surface area contributed by atoms with E-state index in [-0.39, 0.29) is 17.3 Å². The maximum absolute atomic E-state index is 12.1. The number of hydrogen-bond acceptors (Lipinski definition) is 5. The highest BCUT2D eigenvalue weighted by Gasteiger charge is 2.19. The molecule has 1 aromatic carbocycles. The van der Waals surface area contributed by atoms with Gasteiger partial charge < -0.3 is 14.8 Å². The van der Waals surface area contributed by atoms with E-state index in [0.717, 1.165) is 11.3 Å². The average Bonchev–Trinajstić information content (AvgIpc) is 2.59. The number of esters is 1.